The van der Waals surface area contributed by atoms with Crippen LogP contribution in [-0.2, 0) is 0 Å². The van der Waals surface area contributed by atoms with E-state index in [1.54, 1.807) is 0 Å². The van der Waals surface area contributed by atoms with Crippen molar-refractivity contribution < 1.29 is 4.74 Å². The molecule has 0 bridgehead atoms. The summed E-state index contributed by atoms with van der Waals surface area (Å²) in [6, 6.07) is 8.58. The van der Waals surface area contributed by atoms with Gasteiger partial charge in [0.15, 0.2) is 0 Å². The van der Waals surface area contributed by atoms with Crippen LogP contribution in [0, 0.1) is 11.8 Å². The van der Waals surface area contributed by atoms with E-state index < -0.39 is 0 Å². The predicted molar refractivity (Wildman–Crippen MR) is 78.4 cm³/mol. The predicted octanol–water partition coefficient (Wildman–Crippen LogP) is 3.71. The van der Waals surface area contributed by atoms with Gasteiger partial charge in [0, 0.05) is 0 Å². The molecule has 3 unspecified atom stereocenters. The molecule has 19 heavy (non-hydrogen) atoms. The number of hydrogen-bond donors (Lipinski definition) is 1. The monoisotopic (exact) mass is 259 g/mol. The van der Waals surface area contributed by atoms with Gasteiger partial charge >= 0.3 is 0 Å². The Hall–Kier alpha value is -1.02. The lowest BCUT2D eigenvalue weighted by molar-refractivity contribution is 0.193. The Bertz CT molecular complexity index is 417. The molecule has 3 rings (SSSR count). The molecular weight excluding hydrogens is 234 g/mol. The zero-order valence-electron chi connectivity index (χ0n) is 11.7. The zero-order chi connectivity index (χ0) is 13.1. The van der Waals surface area contributed by atoms with Gasteiger partial charge in [-0.2, -0.15) is 0 Å². The minimum absolute atomic E-state index is 0.682. The van der Waals surface area contributed by atoms with Crippen molar-refractivity contribution in [2.24, 2.45) is 17.6 Å². The van der Waals surface area contributed by atoms with Crippen molar-refractivity contribution in [3.05, 3.63) is 29.8 Å². The smallest absolute Gasteiger partial charge is 0.122 e. The summed E-state index contributed by atoms with van der Waals surface area (Å²) in [5, 5.41) is 0. The molecule has 2 nitrogen and oxygen atoms in total. The fraction of sp³-hybridized carbons (Fsp3) is 0.647. The largest absolute Gasteiger partial charge is 0.493 e. The molecule has 0 amide bonds. The zero-order valence-corrected chi connectivity index (χ0v) is 11.7. The Labute approximate surface area is 116 Å². The molecule has 1 aliphatic carbocycles. The van der Waals surface area contributed by atoms with Crippen LogP contribution in [-0.4, -0.2) is 13.2 Å². The Balaban J connectivity index is 1.73. The lowest BCUT2D eigenvalue weighted by atomic mass is 9.73. The third-order valence-corrected chi connectivity index (χ3v) is 5.04. The van der Waals surface area contributed by atoms with Gasteiger partial charge in [-0.3, -0.25) is 0 Å². The number of rotatable bonds is 3. The van der Waals surface area contributed by atoms with Crippen molar-refractivity contribution >= 4 is 0 Å². The quantitative estimate of drug-likeness (QED) is 0.898. The maximum atomic E-state index is 5.97. The first kappa shape index (κ1) is 13.0. The first-order valence-electron chi connectivity index (χ1n) is 7.80. The molecule has 104 valence electrons. The normalized spacial score (nSPS) is 30.5. The van der Waals surface area contributed by atoms with Gasteiger partial charge in [-0.1, -0.05) is 37.5 Å². The molecule has 3 atom stereocenters. The molecule has 2 aliphatic rings. The molecule has 0 radical (unpaired) electrons. The molecule has 2 heteroatoms. The number of nitrogens with two attached hydrogens (primary N) is 1. The first-order valence-corrected chi connectivity index (χ1v) is 7.80. The Morgan fingerprint density at radius 1 is 1.05 bits per heavy atom. The fourth-order valence-corrected chi connectivity index (χ4v) is 3.93. The van der Waals surface area contributed by atoms with Gasteiger partial charge in [-0.25, -0.2) is 0 Å². The van der Waals surface area contributed by atoms with Gasteiger partial charge in [0.2, 0.25) is 0 Å². The second-order valence-corrected chi connectivity index (χ2v) is 6.15. The van der Waals surface area contributed by atoms with E-state index in [-0.39, 0.29) is 0 Å². The van der Waals surface area contributed by atoms with Crippen LogP contribution in [0.2, 0.25) is 0 Å². The highest BCUT2D eigenvalue weighted by Gasteiger charge is 2.29. The van der Waals surface area contributed by atoms with E-state index in [4.69, 9.17) is 10.5 Å². The topological polar surface area (TPSA) is 35.2 Å². The lowest BCUT2D eigenvalue weighted by Crippen LogP contribution is -2.29. The Morgan fingerprint density at radius 2 is 1.84 bits per heavy atom. The minimum atomic E-state index is 0.682. The third-order valence-electron chi connectivity index (χ3n) is 5.04. The van der Waals surface area contributed by atoms with Crippen molar-refractivity contribution in [1.82, 2.24) is 0 Å². The molecule has 1 saturated carbocycles. The van der Waals surface area contributed by atoms with E-state index in [9.17, 15) is 0 Å². The summed E-state index contributed by atoms with van der Waals surface area (Å²) in [5.41, 5.74) is 7.39. The molecule has 0 saturated heterocycles. The number of benzene rings is 1. The van der Waals surface area contributed by atoms with Crippen LogP contribution in [0.25, 0.3) is 0 Å². The third kappa shape index (κ3) is 2.79. The Kier molecular flexibility index (Phi) is 4.07. The molecule has 1 aromatic rings. The van der Waals surface area contributed by atoms with Gasteiger partial charge in [0.25, 0.3) is 0 Å². The summed E-state index contributed by atoms with van der Waals surface area (Å²) in [7, 11) is 0. The summed E-state index contributed by atoms with van der Waals surface area (Å²) < 4.78 is 5.77. The fourth-order valence-electron chi connectivity index (χ4n) is 3.93. The maximum absolute atomic E-state index is 5.97. The first-order chi connectivity index (χ1) is 9.38. The van der Waals surface area contributed by atoms with Crippen molar-refractivity contribution in [2.45, 2.75) is 44.4 Å². The van der Waals surface area contributed by atoms with Crippen LogP contribution in [0.15, 0.2) is 24.3 Å². The molecular formula is C17H25NO. The highest BCUT2D eigenvalue weighted by molar-refractivity contribution is 5.37. The molecule has 1 fully saturated rings. The summed E-state index contributed by atoms with van der Waals surface area (Å²) in [6.45, 7) is 1.75. The van der Waals surface area contributed by atoms with E-state index in [1.165, 1.54) is 44.1 Å². The van der Waals surface area contributed by atoms with Gasteiger partial charge in [-0.15, -0.1) is 0 Å². The summed E-state index contributed by atoms with van der Waals surface area (Å²) in [4.78, 5) is 0. The van der Waals surface area contributed by atoms with Crippen molar-refractivity contribution in [3.8, 4) is 5.75 Å². The second kappa shape index (κ2) is 5.96. The van der Waals surface area contributed by atoms with Crippen LogP contribution >= 0.6 is 0 Å². The van der Waals surface area contributed by atoms with E-state index in [1.807, 2.05) is 0 Å². The SMILES string of the molecule is NCC1CCCCC1CC1CCOc2ccccc21. The number of para-hydroxylation sites is 1. The standard InChI is InChI=1S/C17H25NO/c18-12-15-6-2-1-5-13(15)11-14-9-10-19-17-8-4-3-7-16(14)17/h3-4,7-8,13-15H,1-2,5-6,9-12,18H2. The van der Waals surface area contributed by atoms with Crippen molar-refractivity contribution in [1.29, 1.82) is 0 Å². The van der Waals surface area contributed by atoms with Crippen molar-refractivity contribution in [3.63, 3.8) is 0 Å². The summed E-state index contributed by atoms with van der Waals surface area (Å²) in [5.74, 6) is 3.37. The van der Waals surface area contributed by atoms with E-state index in [0.717, 1.165) is 30.7 Å². The minimum Gasteiger partial charge on any atom is -0.493 e. The van der Waals surface area contributed by atoms with Crippen LogP contribution in [0.5, 0.6) is 5.75 Å². The molecule has 0 spiro atoms. The van der Waals surface area contributed by atoms with Crippen LogP contribution in [0.4, 0.5) is 0 Å². The van der Waals surface area contributed by atoms with Gasteiger partial charge < -0.3 is 10.5 Å². The van der Waals surface area contributed by atoms with Gasteiger partial charge in [0.05, 0.1) is 6.61 Å². The highest BCUT2D eigenvalue weighted by Crippen LogP contribution is 2.42. The van der Waals surface area contributed by atoms with Gasteiger partial charge in [-0.05, 0) is 55.2 Å². The molecule has 1 aromatic carbocycles. The average Bonchev–Trinajstić information content (AvgIpc) is 2.48. The maximum Gasteiger partial charge on any atom is 0.122 e. The second-order valence-electron chi connectivity index (χ2n) is 6.15. The molecule has 1 aliphatic heterocycles. The average molecular weight is 259 g/mol. The Morgan fingerprint density at radius 3 is 2.68 bits per heavy atom. The van der Waals surface area contributed by atoms with Crippen LogP contribution in [0.3, 0.4) is 0 Å². The van der Waals surface area contributed by atoms with E-state index in [0.29, 0.717) is 5.92 Å². The number of hydrogen-bond acceptors (Lipinski definition) is 2. The summed E-state index contributed by atoms with van der Waals surface area (Å²) in [6.07, 6.45) is 7.97. The molecule has 0 aromatic heterocycles. The van der Waals surface area contributed by atoms with Crippen LogP contribution < -0.4 is 10.5 Å². The van der Waals surface area contributed by atoms with Crippen LogP contribution in [0.1, 0.15) is 50.0 Å². The summed E-state index contributed by atoms with van der Waals surface area (Å²) >= 11 is 0. The molecule has 2 N–H and O–H groups in total. The number of fused-ring (bicyclic) bond motifs is 1. The number of ether oxygens (including phenoxy) is 1. The van der Waals surface area contributed by atoms with Gasteiger partial charge in [0.1, 0.15) is 5.75 Å². The van der Waals surface area contributed by atoms with Crippen molar-refractivity contribution in [2.75, 3.05) is 13.2 Å². The van der Waals surface area contributed by atoms with E-state index >= 15 is 0 Å². The molecule has 1 heterocycles. The highest BCUT2D eigenvalue weighted by atomic mass is 16.5. The van der Waals surface area contributed by atoms with E-state index in [2.05, 4.69) is 24.3 Å². The lowest BCUT2D eigenvalue weighted by Gasteiger charge is -2.35.